The van der Waals surface area contributed by atoms with Crippen LogP contribution in [0, 0.1) is 18.7 Å². The molecule has 9 heterocycles. The number of halogens is 1. The lowest BCUT2D eigenvalue weighted by Gasteiger charge is -2.42. The largest absolute Gasteiger partial charge is 0.384 e. The van der Waals surface area contributed by atoms with Crippen molar-refractivity contribution in [1.82, 2.24) is 48.2 Å². The molecular weight excluding hydrogens is 938 g/mol. The standard InChI is InChI=1S/C57H66FN11O5/c1-34-27-40(29-44(58)52(34)39-15-22-64(23-16-39)36(3)49-30-43-46(12-19-60-53(43)62(49)4)67-24-17-45-42(56(67)73)11-18-59-45)55(72)65-20-13-37(14-21-65)33-66-26-25-63(31-35(66)2)32-38-5-8-47-50(28-38)68(41-6-7-41)57(74)69(47)48-9-10-51(70)61-54(48)71/h5,8,12,15,17,19,24,27-30,35-37,41,48,59H,6-7,9-11,13-14,16,18,20-23,25-26,31-33H2,1-4H3,(H,61,70,71)/t35-,36-,48?/m0/s1. The number of carbonyl (C=O) groups excluding carboxylic acids is 3. The quantitative estimate of drug-likeness (QED) is 0.138. The molecule has 6 aliphatic rings. The highest BCUT2D eigenvalue weighted by atomic mass is 19.1. The maximum Gasteiger partial charge on any atom is 0.330 e. The van der Waals surface area contributed by atoms with E-state index in [9.17, 15) is 24.0 Å². The van der Waals surface area contributed by atoms with Gasteiger partial charge in [0.15, 0.2) is 0 Å². The van der Waals surface area contributed by atoms with Gasteiger partial charge in [-0.1, -0.05) is 12.1 Å². The van der Waals surface area contributed by atoms with Crippen LogP contribution in [0.15, 0.2) is 76.6 Å². The lowest BCUT2D eigenvalue weighted by molar-refractivity contribution is -0.135. The first-order valence-electron chi connectivity index (χ1n) is 26.8. The minimum Gasteiger partial charge on any atom is -0.384 e. The highest BCUT2D eigenvalue weighted by Gasteiger charge is 2.36. The minimum absolute atomic E-state index is 0.00200. The zero-order valence-electron chi connectivity index (χ0n) is 42.9. The number of aryl methyl sites for hydroxylation is 2. The summed E-state index contributed by atoms with van der Waals surface area (Å²) in [5, 5.41) is 6.64. The van der Waals surface area contributed by atoms with Crippen molar-refractivity contribution in [2.24, 2.45) is 13.0 Å². The van der Waals surface area contributed by atoms with Crippen LogP contribution in [0.2, 0.25) is 0 Å². The van der Waals surface area contributed by atoms with E-state index >= 15 is 4.39 Å². The third-order valence-electron chi connectivity index (χ3n) is 17.2. The summed E-state index contributed by atoms with van der Waals surface area (Å²) in [4.78, 5) is 80.0. The van der Waals surface area contributed by atoms with Gasteiger partial charge in [0.25, 0.3) is 11.5 Å². The molecule has 1 aliphatic carbocycles. The molecule has 386 valence electrons. The number of hydrogen-bond donors (Lipinski definition) is 2. The molecule has 16 nitrogen and oxygen atoms in total. The summed E-state index contributed by atoms with van der Waals surface area (Å²) in [7, 11) is 2.02. The number of imide groups is 1. The number of rotatable bonds is 11. The van der Waals surface area contributed by atoms with Gasteiger partial charge in [-0.15, -0.1) is 0 Å². The number of pyridine rings is 2. The van der Waals surface area contributed by atoms with Crippen LogP contribution in [0.5, 0.6) is 0 Å². The van der Waals surface area contributed by atoms with E-state index in [0.717, 1.165) is 133 Å². The molecule has 2 N–H and O–H groups in total. The molecule has 5 aliphatic heterocycles. The van der Waals surface area contributed by atoms with E-state index in [1.54, 1.807) is 15.3 Å². The summed E-state index contributed by atoms with van der Waals surface area (Å²) < 4.78 is 23.5. The van der Waals surface area contributed by atoms with Gasteiger partial charge in [-0.05, 0) is 131 Å². The average Bonchev–Trinajstić information content (AvgIpc) is 3.89. The molecule has 0 bridgehead atoms. The maximum absolute atomic E-state index is 16.2. The van der Waals surface area contributed by atoms with Crippen molar-refractivity contribution in [2.75, 3.05) is 64.2 Å². The Kier molecular flexibility index (Phi) is 12.5. The van der Waals surface area contributed by atoms with Crippen molar-refractivity contribution in [2.45, 2.75) is 103 Å². The summed E-state index contributed by atoms with van der Waals surface area (Å²) in [5.74, 6) is -0.692. The predicted octanol–water partition coefficient (Wildman–Crippen LogP) is 6.48. The molecule has 3 atom stereocenters. The minimum atomic E-state index is -0.689. The topological polar surface area (TPSA) is 155 Å². The highest BCUT2D eigenvalue weighted by molar-refractivity contribution is 6.00. The molecule has 0 spiro atoms. The van der Waals surface area contributed by atoms with Crippen molar-refractivity contribution < 1.29 is 18.8 Å². The van der Waals surface area contributed by atoms with Crippen LogP contribution in [0.1, 0.15) is 115 Å². The van der Waals surface area contributed by atoms with Crippen molar-refractivity contribution >= 4 is 51.0 Å². The number of piperidine rings is 2. The van der Waals surface area contributed by atoms with Crippen LogP contribution in [-0.2, 0) is 29.6 Å². The first-order valence-corrected chi connectivity index (χ1v) is 26.8. The number of nitrogens with zero attached hydrogens (tertiary/aromatic N) is 9. The Labute approximate surface area is 429 Å². The van der Waals surface area contributed by atoms with E-state index in [1.807, 2.05) is 53.9 Å². The molecule has 4 aromatic heterocycles. The van der Waals surface area contributed by atoms with Gasteiger partial charge in [-0.2, -0.15) is 0 Å². The van der Waals surface area contributed by atoms with Gasteiger partial charge < -0.3 is 14.8 Å². The van der Waals surface area contributed by atoms with Crippen molar-refractivity contribution in [1.29, 1.82) is 0 Å². The monoisotopic (exact) mass is 1000 g/mol. The Morgan fingerprint density at radius 1 is 0.892 bits per heavy atom. The predicted molar refractivity (Wildman–Crippen MR) is 283 cm³/mol. The van der Waals surface area contributed by atoms with E-state index in [1.165, 1.54) is 6.07 Å². The molecule has 74 heavy (non-hydrogen) atoms. The molecule has 17 heteroatoms. The number of carbonyl (C=O) groups is 3. The molecule has 12 rings (SSSR count). The smallest absolute Gasteiger partial charge is 0.330 e. The fourth-order valence-electron chi connectivity index (χ4n) is 12.9. The van der Waals surface area contributed by atoms with Crippen molar-refractivity contribution in [3.05, 3.63) is 127 Å². The van der Waals surface area contributed by atoms with Crippen LogP contribution in [0.3, 0.4) is 0 Å². The van der Waals surface area contributed by atoms with Gasteiger partial charge in [-0.25, -0.2) is 14.2 Å². The number of hydrogen-bond acceptors (Lipinski definition) is 10. The fourth-order valence-corrected chi connectivity index (χ4v) is 12.9. The van der Waals surface area contributed by atoms with Gasteiger partial charge in [-0.3, -0.25) is 52.9 Å². The number of piperazine rings is 1. The molecule has 3 amide bonds. The van der Waals surface area contributed by atoms with Crippen LogP contribution >= 0.6 is 0 Å². The van der Waals surface area contributed by atoms with E-state index in [0.29, 0.717) is 62.0 Å². The number of fused-ring (bicyclic) bond motifs is 3. The Balaban J connectivity index is 0.642. The number of anilines is 1. The van der Waals surface area contributed by atoms with Gasteiger partial charge in [0, 0.05) is 143 Å². The number of amides is 3. The lowest BCUT2D eigenvalue weighted by Crippen LogP contribution is -2.53. The van der Waals surface area contributed by atoms with E-state index in [2.05, 4.69) is 68.0 Å². The average molecular weight is 1000 g/mol. The Bertz CT molecular complexity index is 3390. The number of benzene rings is 2. The van der Waals surface area contributed by atoms with E-state index in [4.69, 9.17) is 4.98 Å². The molecular formula is C57H66FN11O5. The van der Waals surface area contributed by atoms with E-state index < -0.39 is 11.9 Å². The molecule has 1 saturated carbocycles. The van der Waals surface area contributed by atoms with Crippen LogP contribution in [0.25, 0.3) is 33.3 Å². The van der Waals surface area contributed by atoms with E-state index in [-0.39, 0.29) is 47.4 Å². The van der Waals surface area contributed by atoms with Gasteiger partial charge >= 0.3 is 5.69 Å². The second-order valence-electron chi connectivity index (χ2n) is 21.9. The van der Waals surface area contributed by atoms with Crippen LogP contribution < -0.4 is 21.9 Å². The first-order chi connectivity index (χ1) is 35.8. The fraction of sp³-hybridized carbons (Fsp3) is 0.474. The van der Waals surface area contributed by atoms with Crippen LogP contribution in [0.4, 0.5) is 10.1 Å². The SMILES string of the molecule is Cc1cc(C(=O)N2CCC(CN3CCN(Cc4ccc5c(c4)n(C4CC4)c(=O)n5C4CCC(=O)NC4=O)C[C@@H]3C)CC2)cc(F)c1C1=CCN([C@@H](C)c2cc3c(-n4ccc5c(c4=O)CCN5)ccnc3n2C)CC1. The van der Waals surface area contributed by atoms with Crippen LogP contribution in [-0.4, -0.2) is 126 Å². The molecule has 1 unspecified atom stereocenters. The van der Waals surface area contributed by atoms with Crippen molar-refractivity contribution in [3.8, 4) is 5.69 Å². The van der Waals surface area contributed by atoms with Gasteiger partial charge in [0.1, 0.15) is 17.5 Å². The third kappa shape index (κ3) is 8.69. The zero-order valence-corrected chi connectivity index (χ0v) is 42.9. The summed E-state index contributed by atoms with van der Waals surface area (Å²) in [6.45, 7) is 14.4. The second kappa shape index (κ2) is 19.2. The Hall–Kier alpha value is -6.69. The van der Waals surface area contributed by atoms with Gasteiger partial charge in [0.2, 0.25) is 11.8 Å². The summed E-state index contributed by atoms with van der Waals surface area (Å²) in [6.07, 6.45) is 11.4. The molecule has 6 aromatic rings. The normalized spacial score (nSPS) is 21.8. The van der Waals surface area contributed by atoms with Gasteiger partial charge in [0.05, 0.1) is 16.7 Å². The maximum atomic E-state index is 16.2. The number of nitrogens with one attached hydrogen (secondary N) is 2. The summed E-state index contributed by atoms with van der Waals surface area (Å²) >= 11 is 0. The Morgan fingerprint density at radius 2 is 1.72 bits per heavy atom. The highest BCUT2D eigenvalue weighted by Crippen LogP contribution is 2.38. The molecule has 3 saturated heterocycles. The Morgan fingerprint density at radius 3 is 2.46 bits per heavy atom. The van der Waals surface area contributed by atoms with Crippen molar-refractivity contribution in [3.63, 3.8) is 0 Å². The first kappa shape index (κ1) is 48.3. The second-order valence-corrected chi connectivity index (χ2v) is 21.9. The zero-order chi connectivity index (χ0) is 51.1. The molecule has 0 radical (unpaired) electrons. The number of imidazole rings is 1. The third-order valence-corrected chi connectivity index (χ3v) is 17.2. The number of likely N-dealkylation sites (tertiary alicyclic amines) is 1. The molecule has 2 aromatic carbocycles. The molecule has 4 fully saturated rings. The lowest BCUT2D eigenvalue weighted by atomic mass is 9.92. The number of aromatic nitrogens is 5. The summed E-state index contributed by atoms with van der Waals surface area (Å²) in [5.41, 5.74) is 9.75. The summed E-state index contributed by atoms with van der Waals surface area (Å²) in [6, 6.07) is 15.4.